The number of amides is 1. The molecule has 1 aliphatic heterocycles. The first-order valence-corrected chi connectivity index (χ1v) is 11.0. The van der Waals surface area contributed by atoms with Crippen LogP contribution in [0.3, 0.4) is 0 Å². The Kier molecular flexibility index (Phi) is 5.33. The zero-order chi connectivity index (χ0) is 20.4. The van der Waals surface area contributed by atoms with Crippen LogP contribution in [0, 0.1) is 5.92 Å². The Morgan fingerprint density at radius 2 is 2.03 bits per heavy atom. The largest absolute Gasteiger partial charge is 0.326 e. The van der Waals surface area contributed by atoms with E-state index in [1.54, 1.807) is 12.1 Å². The average molecular weight is 414 g/mol. The van der Waals surface area contributed by atoms with Gasteiger partial charge in [0.05, 0.1) is 5.92 Å². The van der Waals surface area contributed by atoms with E-state index in [-0.39, 0.29) is 22.9 Å². The van der Waals surface area contributed by atoms with Gasteiger partial charge in [0.1, 0.15) is 10.4 Å². The minimum absolute atomic E-state index is 0.0497. The van der Waals surface area contributed by atoms with E-state index in [1.165, 1.54) is 10.4 Å². The highest BCUT2D eigenvalue weighted by atomic mass is 32.2. The van der Waals surface area contributed by atoms with Crippen molar-refractivity contribution in [3.63, 3.8) is 0 Å². The summed E-state index contributed by atoms with van der Waals surface area (Å²) in [6.45, 7) is 2.52. The van der Waals surface area contributed by atoms with Gasteiger partial charge in [0.2, 0.25) is 15.9 Å². The molecular weight excluding hydrogens is 392 g/mol. The van der Waals surface area contributed by atoms with Gasteiger partial charge in [0.15, 0.2) is 5.52 Å². The van der Waals surface area contributed by atoms with Crippen LogP contribution >= 0.6 is 0 Å². The van der Waals surface area contributed by atoms with Crippen molar-refractivity contribution < 1.29 is 17.8 Å². The molecule has 9 heteroatoms. The minimum Gasteiger partial charge on any atom is -0.326 e. The molecule has 1 amide bonds. The minimum atomic E-state index is -3.82. The lowest BCUT2D eigenvalue weighted by atomic mass is 9.98. The Labute approximate surface area is 168 Å². The summed E-state index contributed by atoms with van der Waals surface area (Å²) in [5, 5.41) is 10.4. The van der Waals surface area contributed by atoms with Crippen LogP contribution in [-0.2, 0) is 21.2 Å². The molecule has 1 aliphatic rings. The van der Waals surface area contributed by atoms with Crippen LogP contribution in [-0.4, -0.2) is 42.0 Å². The zero-order valence-electron chi connectivity index (χ0n) is 16.0. The van der Waals surface area contributed by atoms with Crippen LogP contribution in [0.4, 0.5) is 5.69 Å². The summed E-state index contributed by atoms with van der Waals surface area (Å²) in [5.41, 5.74) is 2.41. The van der Waals surface area contributed by atoms with E-state index in [0.29, 0.717) is 24.9 Å². The van der Waals surface area contributed by atoms with Crippen LogP contribution < -0.4 is 5.32 Å². The normalized spacial score (nSPS) is 18.0. The number of anilines is 1. The standard InChI is InChI=1S/C20H22N4O4S/c1-2-14-7-3-4-9-16(14)21-20(25)15-8-6-12-24(13-15)29(26,27)18-11-5-10-17-19(18)23-28-22-17/h3-5,7,9-11,15H,2,6,8,12-13H2,1H3,(H,21,25). The second-order valence-electron chi connectivity index (χ2n) is 7.09. The number of piperidine rings is 1. The van der Waals surface area contributed by atoms with E-state index in [1.807, 2.05) is 31.2 Å². The maximum atomic E-state index is 13.2. The van der Waals surface area contributed by atoms with E-state index in [9.17, 15) is 13.2 Å². The number of carbonyl (C=O) groups excluding carboxylic acids is 1. The SMILES string of the molecule is CCc1ccccc1NC(=O)C1CCCN(S(=O)(=O)c2cccc3nonc23)C1. The lowest BCUT2D eigenvalue weighted by molar-refractivity contribution is -0.120. The first-order valence-electron chi connectivity index (χ1n) is 9.61. The highest BCUT2D eigenvalue weighted by molar-refractivity contribution is 7.89. The molecule has 2 aromatic carbocycles. The maximum absolute atomic E-state index is 13.2. The molecule has 1 aromatic heterocycles. The fourth-order valence-electron chi connectivity index (χ4n) is 3.69. The highest BCUT2D eigenvalue weighted by Gasteiger charge is 2.35. The van der Waals surface area contributed by atoms with E-state index in [2.05, 4.69) is 20.3 Å². The summed E-state index contributed by atoms with van der Waals surface area (Å²) in [6, 6.07) is 12.4. The molecule has 0 spiro atoms. The third-order valence-corrected chi connectivity index (χ3v) is 7.17. The molecule has 4 rings (SSSR count). The number of fused-ring (bicyclic) bond motifs is 1. The Morgan fingerprint density at radius 1 is 1.21 bits per heavy atom. The topological polar surface area (TPSA) is 105 Å². The lowest BCUT2D eigenvalue weighted by Gasteiger charge is -2.31. The van der Waals surface area contributed by atoms with Crippen molar-refractivity contribution in [2.24, 2.45) is 5.92 Å². The van der Waals surface area contributed by atoms with E-state index < -0.39 is 15.9 Å². The van der Waals surface area contributed by atoms with E-state index >= 15 is 0 Å². The molecule has 0 bridgehead atoms. The molecule has 2 heterocycles. The number of benzene rings is 2. The van der Waals surface area contributed by atoms with Gasteiger partial charge in [0.25, 0.3) is 0 Å². The third kappa shape index (κ3) is 3.75. The van der Waals surface area contributed by atoms with Crippen LogP contribution in [0.2, 0.25) is 0 Å². The fourth-order valence-corrected chi connectivity index (χ4v) is 5.35. The van der Waals surface area contributed by atoms with Gasteiger partial charge in [-0.15, -0.1) is 0 Å². The fraction of sp³-hybridized carbons (Fsp3) is 0.350. The van der Waals surface area contributed by atoms with Gasteiger partial charge in [0, 0.05) is 18.8 Å². The maximum Gasteiger partial charge on any atom is 0.245 e. The van der Waals surface area contributed by atoms with Crippen LogP contribution in [0.15, 0.2) is 52.0 Å². The van der Waals surface area contributed by atoms with Gasteiger partial charge >= 0.3 is 0 Å². The molecule has 1 fully saturated rings. The van der Waals surface area contributed by atoms with Gasteiger partial charge in [-0.2, -0.15) is 4.31 Å². The first-order chi connectivity index (χ1) is 14.0. The number of carbonyl (C=O) groups is 1. The molecule has 0 radical (unpaired) electrons. The summed E-state index contributed by atoms with van der Waals surface area (Å²) in [5.74, 6) is -0.579. The van der Waals surface area contributed by atoms with Gasteiger partial charge in [-0.1, -0.05) is 31.2 Å². The Hall–Kier alpha value is -2.78. The molecule has 152 valence electrons. The molecular formula is C20H22N4O4S. The van der Waals surface area contributed by atoms with E-state index in [4.69, 9.17) is 0 Å². The predicted molar refractivity (Wildman–Crippen MR) is 108 cm³/mol. The molecule has 0 aliphatic carbocycles. The van der Waals surface area contributed by atoms with Crippen molar-refractivity contribution in [3.8, 4) is 0 Å². The predicted octanol–water partition coefficient (Wildman–Crippen LogP) is 2.82. The Balaban J connectivity index is 1.55. The highest BCUT2D eigenvalue weighted by Crippen LogP contribution is 2.28. The molecule has 1 N–H and O–H groups in total. The number of para-hydroxylation sites is 1. The summed E-state index contributed by atoms with van der Waals surface area (Å²) in [6.07, 6.45) is 2.05. The smallest absolute Gasteiger partial charge is 0.245 e. The molecule has 0 saturated carbocycles. The molecule has 1 atom stereocenters. The number of rotatable bonds is 5. The molecule has 1 unspecified atom stereocenters. The second-order valence-corrected chi connectivity index (χ2v) is 9.00. The molecule has 1 saturated heterocycles. The van der Waals surface area contributed by atoms with Gasteiger partial charge in [-0.05, 0) is 53.3 Å². The summed E-state index contributed by atoms with van der Waals surface area (Å²) in [7, 11) is -3.82. The van der Waals surface area contributed by atoms with Crippen molar-refractivity contribution in [1.82, 2.24) is 14.6 Å². The van der Waals surface area contributed by atoms with Crippen molar-refractivity contribution in [2.75, 3.05) is 18.4 Å². The lowest BCUT2D eigenvalue weighted by Crippen LogP contribution is -2.43. The summed E-state index contributed by atoms with van der Waals surface area (Å²) < 4.78 is 32.5. The van der Waals surface area contributed by atoms with Gasteiger partial charge in [-0.3, -0.25) is 4.79 Å². The van der Waals surface area contributed by atoms with Gasteiger partial charge in [-0.25, -0.2) is 13.0 Å². The van der Waals surface area contributed by atoms with Crippen molar-refractivity contribution in [3.05, 3.63) is 48.0 Å². The number of nitrogens with zero attached hydrogens (tertiary/aromatic N) is 3. The number of hydrogen-bond acceptors (Lipinski definition) is 6. The zero-order valence-corrected chi connectivity index (χ0v) is 16.9. The van der Waals surface area contributed by atoms with Crippen LogP contribution in [0.1, 0.15) is 25.3 Å². The van der Waals surface area contributed by atoms with Crippen molar-refractivity contribution in [1.29, 1.82) is 0 Å². The number of aryl methyl sites for hydroxylation is 1. The Bertz CT molecular complexity index is 1140. The number of sulfonamides is 1. The molecule has 3 aromatic rings. The quantitative estimate of drug-likeness (QED) is 0.688. The number of aromatic nitrogens is 2. The second kappa shape index (κ2) is 7.92. The summed E-state index contributed by atoms with van der Waals surface area (Å²) >= 11 is 0. The molecule has 29 heavy (non-hydrogen) atoms. The monoisotopic (exact) mass is 414 g/mol. The van der Waals surface area contributed by atoms with E-state index in [0.717, 1.165) is 17.7 Å². The molecule has 8 nitrogen and oxygen atoms in total. The third-order valence-electron chi connectivity index (χ3n) is 5.28. The van der Waals surface area contributed by atoms with Crippen LogP contribution in [0.5, 0.6) is 0 Å². The van der Waals surface area contributed by atoms with Crippen molar-refractivity contribution >= 4 is 32.7 Å². The Morgan fingerprint density at radius 3 is 2.86 bits per heavy atom. The number of hydrogen-bond donors (Lipinski definition) is 1. The summed E-state index contributed by atoms with van der Waals surface area (Å²) in [4.78, 5) is 12.9. The van der Waals surface area contributed by atoms with Crippen LogP contribution in [0.25, 0.3) is 11.0 Å². The van der Waals surface area contributed by atoms with Gasteiger partial charge < -0.3 is 5.32 Å². The van der Waals surface area contributed by atoms with Crippen molar-refractivity contribution in [2.45, 2.75) is 31.1 Å². The number of nitrogens with one attached hydrogen (secondary N) is 1. The first kappa shape index (κ1) is 19.5. The average Bonchev–Trinajstić information content (AvgIpc) is 3.23.